The van der Waals surface area contributed by atoms with Gasteiger partial charge in [0.15, 0.2) is 0 Å². The van der Waals surface area contributed by atoms with E-state index in [4.69, 9.17) is 9.15 Å². The number of aryl methyl sites for hydroxylation is 1. The highest BCUT2D eigenvalue weighted by atomic mass is 16.5. The zero-order valence-electron chi connectivity index (χ0n) is 14.3. The minimum absolute atomic E-state index is 0.0824. The fraction of sp³-hybridized carbons (Fsp3) is 0.556. The SMILES string of the molecule is Cc1nnc(C2CC(Oc3cccc(CC(C)(C)C)c3)CN2)o1. The summed E-state index contributed by atoms with van der Waals surface area (Å²) in [7, 11) is 0. The summed E-state index contributed by atoms with van der Waals surface area (Å²) in [5.74, 6) is 2.18. The Labute approximate surface area is 137 Å². The van der Waals surface area contributed by atoms with Crippen LogP contribution in [0, 0.1) is 12.3 Å². The average molecular weight is 315 g/mol. The third-order valence-corrected chi connectivity index (χ3v) is 3.87. The number of rotatable bonds is 4. The molecule has 0 bridgehead atoms. The van der Waals surface area contributed by atoms with Gasteiger partial charge in [0, 0.05) is 19.9 Å². The van der Waals surface area contributed by atoms with Crippen LogP contribution in [0.5, 0.6) is 5.75 Å². The second-order valence-corrected chi connectivity index (χ2v) is 7.48. The number of aromatic nitrogens is 2. The molecule has 0 radical (unpaired) electrons. The quantitative estimate of drug-likeness (QED) is 0.936. The average Bonchev–Trinajstić information content (AvgIpc) is 3.06. The fourth-order valence-corrected chi connectivity index (χ4v) is 2.97. The Balaban J connectivity index is 1.61. The van der Waals surface area contributed by atoms with Crippen LogP contribution in [0.3, 0.4) is 0 Å². The van der Waals surface area contributed by atoms with E-state index in [1.165, 1.54) is 5.56 Å². The first-order chi connectivity index (χ1) is 10.9. The van der Waals surface area contributed by atoms with Gasteiger partial charge in [-0.15, -0.1) is 10.2 Å². The molecule has 2 atom stereocenters. The van der Waals surface area contributed by atoms with Gasteiger partial charge in [-0.3, -0.25) is 0 Å². The molecule has 1 aliphatic heterocycles. The molecule has 0 aliphatic carbocycles. The van der Waals surface area contributed by atoms with Crippen LogP contribution < -0.4 is 10.1 Å². The van der Waals surface area contributed by atoms with Crippen LogP contribution in [0.4, 0.5) is 0 Å². The van der Waals surface area contributed by atoms with Crippen LogP contribution in [0.25, 0.3) is 0 Å². The summed E-state index contributed by atoms with van der Waals surface area (Å²) in [5, 5.41) is 11.4. The molecule has 2 aromatic rings. The molecule has 0 amide bonds. The second-order valence-electron chi connectivity index (χ2n) is 7.48. The van der Waals surface area contributed by atoms with E-state index in [0.717, 1.165) is 25.1 Å². The van der Waals surface area contributed by atoms with E-state index in [-0.39, 0.29) is 17.6 Å². The van der Waals surface area contributed by atoms with Crippen molar-refractivity contribution in [2.24, 2.45) is 5.41 Å². The van der Waals surface area contributed by atoms with Crippen molar-refractivity contribution in [1.82, 2.24) is 15.5 Å². The van der Waals surface area contributed by atoms with Crippen LogP contribution in [0.1, 0.15) is 50.6 Å². The highest BCUT2D eigenvalue weighted by molar-refractivity contribution is 5.29. The molecule has 0 saturated carbocycles. The molecule has 0 spiro atoms. The predicted molar refractivity (Wildman–Crippen MR) is 88.4 cm³/mol. The minimum atomic E-state index is 0.0824. The number of benzene rings is 1. The Morgan fingerprint density at radius 1 is 1.30 bits per heavy atom. The van der Waals surface area contributed by atoms with Crippen molar-refractivity contribution in [2.45, 2.75) is 52.7 Å². The zero-order valence-corrected chi connectivity index (χ0v) is 14.3. The van der Waals surface area contributed by atoms with Crippen LogP contribution in [-0.4, -0.2) is 22.8 Å². The predicted octanol–water partition coefficient (Wildman–Crippen LogP) is 3.45. The molecule has 1 fully saturated rings. The first-order valence-corrected chi connectivity index (χ1v) is 8.18. The first kappa shape index (κ1) is 16.0. The smallest absolute Gasteiger partial charge is 0.233 e. The van der Waals surface area contributed by atoms with E-state index >= 15 is 0 Å². The van der Waals surface area contributed by atoms with Gasteiger partial charge in [-0.25, -0.2) is 0 Å². The molecular weight excluding hydrogens is 290 g/mol. The van der Waals surface area contributed by atoms with Gasteiger partial charge in [0.25, 0.3) is 0 Å². The minimum Gasteiger partial charge on any atom is -0.489 e. The number of hydrogen-bond acceptors (Lipinski definition) is 5. The molecule has 2 unspecified atom stereocenters. The van der Waals surface area contributed by atoms with Gasteiger partial charge in [0.2, 0.25) is 11.8 Å². The molecular formula is C18H25N3O2. The lowest BCUT2D eigenvalue weighted by Gasteiger charge is -2.19. The summed E-state index contributed by atoms with van der Waals surface area (Å²) >= 11 is 0. The van der Waals surface area contributed by atoms with Crippen LogP contribution in [0.2, 0.25) is 0 Å². The second kappa shape index (κ2) is 6.32. The highest BCUT2D eigenvalue weighted by Crippen LogP contribution is 2.27. The largest absolute Gasteiger partial charge is 0.489 e. The van der Waals surface area contributed by atoms with Gasteiger partial charge in [0.05, 0.1) is 6.04 Å². The van der Waals surface area contributed by atoms with Crippen LogP contribution in [0.15, 0.2) is 28.7 Å². The standard InChI is InChI=1S/C18H25N3O2/c1-12-20-21-17(22-12)16-9-15(11-19-16)23-14-7-5-6-13(8-14)10-18(2,3)4/h5-8,15-16,19H,9-11H2,1-4H3. The summed E-state index contributed by atoms with van der Waals surface area (Å²) < 4.78 is 11.6. The lowest BCUT2D eigenvalue weighted by atomic mass is 9.88. The highest BCUT2D eigenvalue weighted by Gasteiger charge is 2.30. The van der Waals surface area contributed by atoms with Crippen molar-refractivity contribution in [3.05, 3.63) is 41.6 Å². The van der Waals surface area contributed by atoms with E-state index in [1.54, 1.807) is 6.92 Å². The molecule has 1 aliphatic rings. The van der Waals surface area contributed by atoms with E-state index in [1.807, 2.05) is 6.07 Å². The maximum absolute atomic E-state index is 6.14. The molecule has 1 saturated heterocycles. The molecule has 1 aromatic heterocycles. The van der Waals surface area contributed by atoms with Gasteiger partial charge in [-0.2, -0.15) is 0 Å². The number of hydrogen-bond donors (Lipinski definition) is 1. The van der Waals surface area contributed by atoms with Gasteiger partial charge >= 0.3 is 0 Å². The molecule has 2 heterocycles. The van der Waals surface area contributed by atoms with Crippen molar-refractivity contribution in [1.29, 1.82) is 0 Å². The van der Waals surface area contributed by atoms with Crippen molar-refractivity contribution >= 4 is 0 Å². The summed E-state index contributed by atoms with van der Waals surface area (Å²) in [4.78, 5) is 0. The molecule has 5 nitrogen and oxygen atoms in total. The molecule has 3 rings (SSSR count). The van der Waals surface area contributed by atoms with E-state index in [2.05, 4.69) is 54.5 Å². The van der Waals surface area contributed by atoms with Crippen molar-refractivity contribution in [3.8, 4) is 5.75 Å². The molecule has 1 N–H and O–H groups in total. The molecule has 5 heteroatoms. The third kappa shape index (κ3) is 4.32. The van der Waals surface area contributed by atoms with E-state index in [9.17, 15) is 0 Å². The van der Waals surface area contributed by atoms with Gasteiger partial charge in [0.1, 0.15) is 11.9 Å². The Morgan fingerprint density at radius 3 is 2.83 bits per heavy atom. The number of nitrogens with zero attached hydrogens (tertiary/aromatic N) is 2. The lowest BCUT2D eigenvalue weighted by molar-refractivity contribution is 0.217. The first-order valence-electron chi connectivity index (χ1n) is 8.18. The topological polar surface area (TPSA) is 60.2 Å². The number of ether oxygens (including phenoxy) is 1. The van der Waals surface area contributed by atoms with Gasteiger partial charge in [-0.1, -0.05) is 32.9 Å². The third-order valence-electron chi connectivity index (χ3n) is 3.87. The zero-order chi connectivity index (χ0) is 16.4. The van der Waals surface area contributed by atoms with E-state index in [0.29, 0.717) is 11.8 Å². The number of nitrogens with one attached hydrogen (secondary N) is 1. The molecule has 124 valence electrons. The Bertz CT molecular complexity index is 660. The lowest BCUT2D eigenvalue weighted by Crippen LogP contribution is -2.20. The van der Waals surface area contributed by atoms with Crippen molar-refractivity contribution < 1.29 is 9.15 Å². The van der Waals surface area contributed by atoms with Crippen molar-refractivity contribution in [2.75, 3.05) is 6.54 Å². The Kier molecular flexibility index (Phi) is 4.39. The fourth-order valence-electron chi connectivity index (χ4n) is 2.97. The van der Waals surface area contributed by atoms with Gasteiger partial charge < -0.3 is 14.5 Å². The summed E-state index contributed by atoms with van der Waals surface area (Å²) in [6, 6.07) is 8.48. The Morgan fingerprint density at radius 2 is 2.13 bits per heavy atom. The van der Waals surface area contributed by atoms with Crippen LogP contribution >= 0.6 is 0 Å². The molecule has 23 heavy (non-hydrogen) atoms. The van der Waals surface area contributed by atoms with E-state index < -0.39 is 0 Å². The van der Waals surface area contributed by atoms with Crippen molar-refractivity contribution in [3.63, 3.8) is 0 Å². The Hall–Kier alpha value is -1.88. The molecule has 1 aromatic carbocycles. The van der Waals surface area contributed by atoms with Crippen LogP contribution in [-0.2, 0) is 6.42 Å². The monoisotopic (exact) mass is 315 g/mol. The summed E-state index contributed by atoms with van der Waals surface area (Å²) in [5.41, 5.74) is 1.58. The van der Waals surface area contributed by atoms with Gasteiger partial charge in [-0.05, 0) is 29.5 Å². The maximum Gasteiger partial charge on any atom is 0.233 e. The summed E-state index contributed by atoms with van der Waals surface area (Å²) in [6.07, 6.45) is 2.00. The summed E-state index contributed by atoms with van der Waals surface area (Å²) in [6.45, 7) is 9.34. The maximum atomic E-state index is 6.14. The normalized spacial score (nSPS) is 21.6.